The highest BCUT2D eigenvalue weighted by atomic mass is 32.2. The molecule has 2 N–H and O–H groups in total. The van der Waals surface area contributed by atoms with Gasteiger partial charge in [0.2, 0.25) is 5.91 Å². The molecule has 24 heavy (non-hydrogen) atoms. The summed E-state index contributed by atoms with van der Waals surface area (Å²) in [6.07, 6.45) is 1.16. The fraction of sp³-hybridized carbons (Fsp3) is 0.444. The van der Waals surface area contributed by atoms with Crippen LogP contribution in [0.25, 0.3) is 0 Å². The molecule has 5 nitrogen and oxygen atoms in total. The van der Waals surface area contributed by atoms with Crippen LogP contribution in [0.3, 0.4) is 0 Å². The van der Waals surface area contributed by atoms with Gasteiger partial charge in [0.25, 0.3) is 0 Å². The van der Waals surface area contributed by atoms with Crippen molar-refractivity contribution in [2.45, 2.75) is 25.2 Å². The van der Waals surface area contributed by atoms with E-state index >= 15 is 0 Å². The topological polar surface area (TPSA) is 61.0 Å². The largest absolute Gasteiger partial charge is 0.322 e. The van der Waals surface area contributed by atoms with Gasteiger partial charge < -0.3 is 5.32 Å². The van der Waals surface area contributed by atoms with E-state index in [4.69, 9.17) is 0 Å². The first kappa shape index (κ1) is 17.0. The Morgan fingerprint density at radius 2 is 2.17 bits per heavy atom. The number of aromatic amines is 1. The van der Waals surface area contributed by atoms with Gasteiger partial charge in [0, 0.05) is 17.2 Å². The van der Waals surface area contributed by atoms with E-state index in [0.717, 1.165) is 42.3 Å². The summed E-state index contributed by atoms with van der Waals surface area (Å²) in [4.78, 5) is 15.8. The normalized spacial score (nSPS) is 18.0. The zero-order valence-corrected chi connectivity index (χ0v) is 15.0. The van der Waals surface area contributed by atoms with Crippen molar-refractivity contribution in [3.8, 4) is 0 Å². The van der Waals surface area contributed by atoms with E-state index in [1.54, 1.807) is 0 Å². The molecule has 1 unspecified atom stereocenters. The van der Waals surface area contributed by atoms with Gasteiger partial charge in [-0.05, 0) is 44.9 Å². The van der Waals surface area contributed by atoms with E-state index in [-0.39, 0.29) is 5.91 Å². The van der Waals surface area contributed by atoms with Crippen LogP contribution in [0.15, 0.2) is 35.2 Å². The van der Waals surface area contributed by atoms with E-state index in [2.05, 4.69) is 44.7 Å². The second-order valence-electron chi connectivity index (χ2n) is 6.37. The minimum absolute atomic E-state index is 0.0407. The van der Waals surface area contributed by atoms with Crippen molar-refractivity contribution < 1.29 is 4.79 Å². The van der Waals surface area contributed by atoms with Crippen LogP contribution in [0.2, 0.25) is 0 Å². The monoisotopic (exact) mass is 344 g/mol. The van der Waals surface area contributed by atoms with Crippen molar-refractivity contribution in [3.63, 3.8) is 0 Å². The first-order chi connectivity index (χ1) is 11.6. The number of anilines is 1. The lowest BCUT2D eigenvalue weighted by Crippen LogP contribution is -2.32. The standard InChI is InChI=1S/C18H24N4OS/c1-13-18(14(2)21-20-13)19-17(23)11-22-9-8-15(10-22)12-24-16-6-4-3-5-7-16/h3-7,15H,8-12H2,1-2H3,(H,19,23)(H,20,21). The molecule has 1 aromatic heterocycles. The van der Waals surface area contributed by atoms with Crippen molar-refractivity contribution in [2.75, 3.05) is 30.7 Å². The molecule has 0 spiro atoms. The molecule has 0 bridgehead atoms. The Bertz CT molecular complexity index is 666. The predicted molar refractivity (Wildman–Crippen MR) is 98.4 cm³/mol. The van der Waals surface area contributed by atoms with Gasteiger partial charge in [-0.2, -0.15) is 5.10 Å². The van der Waals surface area contributed by atoms with Gasteiger partial charge in [0.15, 0.2) is 0 Å². The van der Waals surface area contributed by atoms with Gasteiger partial charge in [-0.25, -0.2) is 0 Å². The summed E-state index contributed by atoms with van der Waals surface area (Å²) in [6.45, 7) is 6.26. The average Bonchev–Trinajstić information content (AvgIpc) is 3.15. The van der Waals surface area contributed by atoms with Gasteiger partial charge in [-0.1, -0.05) is 18.2 Å². The Labute approximate surface area is 147 Å². The minimum Gasteiger partial charge on any atom is -0.322 e. The van der Waals surface area contributed by atoms with E-state index in [1.165, 1.54) is 4.90 Å². The summed E-state index contributed by atoms with van der Waals surface area (Å²) in [5.41, 5.74) is 2.55. The molecule has 1 aliphatic heterocycles. The van der Waals surface area contributed by atoms with E-state index in [1.807, 2.05) is 31.7 Å². The van der Waals surface area contributed by atoms with Crippen molar-refractivity contribution in [1.29, 1.82) is 0 Å². The first-order valence-electron chi connectivity index (χ1n) is 8.33. The number of H-pyrrole nitrogens is 1. The molecular formula is C18H24N4OS. The maximum atomic E-state index is 12.3. The zero-order valence-electron chi connectivity index (χ0n) is 14.2. The van der Waals surface area contributed by atoms with Gasteiger partial charge >= 0.3 is 0 Å². The molecule has 1 fully saturated rings. The minimum atomic E-state index is 0.0407. The first-order valence-corrected chi connectivity index (χ1v) is 9.32. The van der Waals surface area contributed by atoms with Gasteiger partial charge in [0.1, 0.15) is 0 Å². The number of amides is 1. The SMILES string of the molecule is Cc1n[nH]c(C)c1NC(=O)CN1CCC(CSc2ccccc2)C1. The molecule has 1 atom stereocenters. The summed E-state index contributed by atoms with van der Waals surface area (Å²) < 4.78 is 0. The highest BCUT2D eigenvalue weighted by Crippen LogP contribution is 2.25. The molecule has 128 valence electrons. The number of nitrogens with zero attached hydrogens (tertiary/aromatic N) is 2. The number of thioether (sulfide) groups is 1. The summed E-state index contributed by atoms with van der Waals surface area (Å²) in [5.74, 6) is 1.81. The van der Waals surface area contributed by atoms with Crippen LogP contribution in [0.1, 0.15) is 17.8 Å². The second-order valence-corrected chi connectivity index (χ2v) is 7.46. The Morgan fingerprint density at radius 3 is 2.88 bits per heavy atom. The fourth-order valence-corrected chi connectivity index (χ4v) is 4.09. The van der Waals surface area contributed by atoms with Crippen LogP contribution >= 0.6 is 11.8 Å². The predicted octanol–water partition coefficient (Wildman–Crippen LogP) is 3.08. The number of hydrogen-bond donors (Lipinski definition) is 2. The molecule has 1 amide bonds. The molecule has 2 aromatic rings. The molecule has 3 rings (SSSR count). The number of benzene rings is 1. The van der Waals surface area contributed by atoms with E-state index in [0.29, 0.717) is 12.5 Å². The molecule has 0 saturated carbocycles. The van der Waals surface area contributed by atoms with Gasteiger partial charge in [-0.3, -0.25) is 14.8 Å². The highest BCUT2D eigenvalue weighted by Gasteiger charge is 2.24. The number of likely N-dealkylation sites (tertiary alicyclic amines) is 1. The maximum absolute atomic E-state index is 12.3. The molecule has 0 aliphatic carbocycles. The molecule has 1 aliphatic rings. The number of rotatable bonds is 6. The lowest BCUT2D eigenvalue weighted by atomic mass is 10.2. The number of nitrogens with one attached hydrogen (secondary N) is 2. The Morgan fingerprint density at radius 1 is 1.38 bits per heavy atom. The summed E-state index contributed by atoms with van der Waals surface area (Å²) in [6, 6.07) is 10.5. The number of aryl methyl sites for hydroxylation is 2. The quantitative estimate of drug-likeness (QED) is 0.791. The van der Waals surface area contributed by atoms with E-state index < -0.39 is 0 Å². The van der Waals surface area contributed by atoms with Crippen LogP contribution in [-0.2, 0) is 4.79 Å². The smallest absolute Gasteiger partial charge is 0.238 e. The Balaban J connectivity index is 1.43. The number of carbonyl (C=O) groups is 1. The van der Waals surface area contributed by atoms with Crippen molar-refractivity contribution in [1.82, 2.24) is 15.1 Å². The van der Waals surface area contributed by atoms with Crippen molar-refractivity contribution >= 4 is 23.4 Å². The maximum Gasteiger partial charge on any atom is 0.238 e. The van der Waals surface area contributed by atoms with Crippen LogP contribution < -0.4 is 5.32 Å². The van der Waals surface area contributed by atoms with Crippen LogP contribution in [0, 0.1) is 19.8 Å². The van der Waals surface area contributed by atoms with Crippen molar-refractivity contribution in [3.05, 3.63) is 41.7 Å². The third kappa shape index (κ3) is 4.39. The number of aromatic nitrogens is 2. The highest BCUT2D eigenvalue weighted by molar-refractivity contribution is 7.99. The van der Waals surface area contributed by atoms with Crippen LogP contribution in [0.5, 0.6) is 0 Å². The lowest BCUT2D eigenvalue weighted by molar-refractivity contribution is -0.117. The molecule has 0 radical (unpaired) electrons. The van der Waals surface area contributed by atoms with Gasteiger partial charge in [0.05, 0.1) is 23.6 Å². The van der Waals surface area contributed by atoms with Crippen molar-refractivity contribution in [2.24, 2.45) is 5.92 Å². The third-order valence-corrected chi connectivity index (χ3v) is 5.60. The molecule has 1 saturated heterocycles. The molecule has 6 heteroatoms. The van der Waals surface area contributed by atoms with E-state index in [9.17, 15) is 4.79 Å². The van der Waals surface area contributed by atoms with Gasteiger partial charge in [-0.15, -0.1) is 11.8 Å². The lowest BCUT2D eigenvalue weighted by Gasteiger charge is -2.15. The number of hydrogen-bond acceptors (Lipinski definition) is 4. The second kappa shape index (κ2) is 7.85. The fourth-order valence-electron chi connectivity index (χ4n) is 3.04. The summed E-state index contributed by atoms with van der Waals surface area (Å²) >= 11 is 1.91. The Kier molecular flexibility index (Phi) is 5.58. The summed E-state index contributed by atoms with van der Waals surface area (Å²) in [5, 5.41) is 9.98. The zero-order chi connectivity index (χ0) is 16.9. The molecular weight excluding hydrogens is 320 g/mol. The molecule has 1 aromatic carbocycles. The number of carbonyl (C=O) groups excluding carboxylic acids is 1. The third-order valence-electron chi connectivity index (χ3n) is 4.36. The van der Waals surface area contributed by atoms with Crippen LogP contribution in [0.4, 0.5) is 5.69 Å². The summed E-state index contributed by atoms with van der Waals surface area (Å²) in [7, 11) is 0. The average molecular weight is 344 g/mol. The molecule has 2 heterocycles. The van der Waals surface area contributed by atoms with Crippen LogP contribution in [-0.4, -0.2) is 46.4 Å². The Hall–Kier alpha value is -1.79.